The predicted molar refractivity (Wildman–Crippen MR) is 70.5 cm³/mol. The van der Waals surface area contributed by atoms with Crippen molar-refractivity contribution in [2.45, 2.75) is 13.8 Å². The van der Waals surface area contributed by atoms with Crippen molar-refractivity contribution in [3.05, 3.63) is 35.4 Å². The first-order chi connectivity index (χ1) is 8.22. The smallest absolute Gasteiger partial charge is 0.149 e. The summed E-state index contributed by atoms with van der Waals surface area (Å²) < 4.78 is 0. The molecule has 1 aromatic heterocycles. The molecule has 2 aromatic rings. The zero-order valence-electron chi connectivity index (χ0n) is 9.97. The van der Waals surface area contributed by atoms with Crippen molar-refractivity contribution in [2.75, 3.05) is 11.9 Å². The number of benzene rings is 1. The standard InChI is InChI=1S/C13H15N3O/c1-9(2)7-15-13-10-5-3-4-6-11(10)14-8-12(13)16-17/h3-6,8-9H,7H2,1-2H3,(H,14,15). The highest BCUT2D eigenvalue weighted by molar-refractivity contribution is 5.96. The molecule has 0 atom stereocenters. The van der Waals surface area contributed by atoms with Crippen molar-refractivity contribution in [1.29, 1.82) is 0 Å². The number of nitroso groups, excluding NO2 is 1. The molecule has 0 saturated heterocycles. The largest absolute Gasteiger partial charge is 0.382 e. The van der Waals surface area contributed by atoms with Gasteiger partial charge in [0.15, 0.2) is 0 Å². The Morgan fingerprint density at radius 2 is 2.12 bits per heavy atom. The van der Waals surface area contributed by atoms with Crippen LogP contribution in [0.4, 0.5) is 11.4 Å². The average Bonchev–Trinajstić information content (AvgIpc) is 2.35. The van der Waals surface area contributed by atoms with Crippen LogP contribution in [0.25, 0.3) is 10.9 Å². The van der Waals surface area contributed by atoms with E-state index in [1.54, 1.807) is 0 Å². The molecular formula is C13H15N3O. The van der Waals surface area contributed by atoms with Crippen LogP contribution in [-0.2, 0) is 0 Å². The number of anilines is 1. The number of fused-ring (bicyclic) bond motifs is 1. The Bertz CT molecular complexity index is 537. The molecular weight excluding hydrogens is 214 g/mol. The summed E-state index contributed by atoms with van der Waals surface area (Å²) >= 11 is 0. The van der Waals surface area contributed by atoms with Crippen molar-refractivity contribution in [3.8, 4) is 0 Å². The van der Waals surface area contributed by atoms with Crippen molar-refractivity contribution in [3.63, 3.8) is 0 Å². The van der Waals surface area contributed by atoms with E-state index in [1.165, 1.54) is 6.20 Å². The molecule has 2 rings (SSSR count). The topological polar surface area (TPSA) is 54.4 Å². The Morgan fingerprint density at radius 3 is 2.82 bits per heavy atom. The van der Waals surface area contributed by atoms with Gasteiger partial charge in [-0.1, -0.05) is 32.0 Å². The number of hydrogen-bond acceptors (Lipinski definition) is 4. The van der Waals surface area contributed by atoms with E-state index in [2.05, 4.69) is 29.3 Å². The summed E-state index contributed by atoms with van der Waals surface area (Å²) in [5, 5.41) is 7.23. The molecule has 0 unspecified atom stereocenters. The van der Waals surface area contributed by atoms with Crippen LogP contribution in [0.1, 0.15) is 13.8 Å². The minimum absolute atomic E-state index is 0.365. The third kappa shape index (κ3) is 2.41. The lowest BCUT2D eigenvalue weighted by atomic mass is 10.1. The molecule has 1 N–H and O–H groups in total. The molecule has 0 aliphatic carbocycles. The van der Waals surface area contributed by atoms with Gasteiger partial charge in [0.05, 0.1) is 17.4 Å². The molecule has 0 saturated carbocycles. The van der Waals surface area contributed by atoms with Crippen LogP contribution >= 0.6 is 0 Å². The van der Waals surface area contributed by atoms with E-state index in [0.29, 0.717) is 11.6 Å². The Morgan fingerprint density at radius 1 is 1.35 bits per heavy atom. The molecule has 17 heavy (non-hydrogen) atoms. The van der Waals surface area contributed by atoms with Gasteiger partial charge in [0.25, 0.3) is 0 Å². The summed E-state index contributed by atoms with van der Waals surface area (Å²) in [6.45, 7) is 5.03. The molecule has 0 amide bonds. The van der Waals surface area contributed by atoms with Crippen molar-refractivity contribution in [1.82, 2.24) is 4.98 Å². The fourth-order valence-electron chi connectivity index (χ4n) is 1.69. The van der Waals surface area contributed by atoms with Crippen LogP contribution in [0, 0.1) is 10.8 Å². The first kappa shape index (κ1) is 11.5. The lowest BCUT2D eigenvalue weighted by Crippen LogP contribution is -2.08. The molecule has 0 fully saturated rings. The SMILES string of the molecule is CC(C)CNc1c(N=O)cnc2ccccc12. The van der Waals surface area contributed by atoms with Gasteiger partial charge in [-0.2, -0.15) is 0 Å². The number of para-hydroxylation sites is 1. The Kier molecular flexibility index (Phi) is 3.32. The van der Waals surface area contributed by atoms with Crippen LogP contribution in [0.2, 0.25) is 0 Å². The quantitative estimate of drug-likeness (QED) is 0.813. The predicted octanol–water partition coefficient (Wildman–Crippen LogP) is 3.70. The Labute approximate surface area is 100 Å². The van der Waals surface area contributed by atoms with Crippen LogP contribution in [0.5, 0.6) is 0 Å². The molecule has 0 radical (unpaired) electrons. The number of aromatic nitrogens is 1. The van der Waals surface area contributed by atoms with Crippen LogP contribution in [0.15, 0.2) is 35.6 Å². The average molecular weight is 229 g/mol. The van der Waals surface area contributed by atoms with Crippen molar-refractivity contribution >= 4 is 22.3 Å². The van der Waals surface area contributed by atoms with Gasteiger partial charge in [-0.25, -0.2) is 0 Å². The lowest BCUT2D eigenvalue weighted by Gasteiger charge is -2.12. The second-order valence-corrected chi connectivity index (χ2v) is 4.40. The van der Waals surface area contributed by atoms with Gasteiger partial charge in [0.2, 0.25) is 0 Å². The maximum Gasteiger partial charge on any atom is 0.149 e. The summed E-state index contributed by atoms with van der Waals surface area (Å²) in [5.41, 5.74) is 2.01. The zero-order chi connectivity index (χ0) is 12.3. The van der Waals surface area contributed by atoms with E-state index in [4.69, 9.17) is 0 Å². The summed E-state index contributed by atoms with van der Waals surface area (Å²) in [6.07, 6.45) is 1.51. The lowest BCUT2D eigenvalue weighted by molar-refractivity contribution is 0.689. The fraction of sp³-hybridized carbons (Fsp3) is 0.308. The molecule has 0 aliphatic heterocycles. The van der Waals surface area contributed by atoms with Crippen LogP contribution in [0.3, 0.4) is 0 Å². The fourth-order valence-corrected chi connectivity index (χ4v) is 1.69. The van der Waals surface area contributed by atoms with E-state index in [-0.39, 0.29) is 0 Å². The highest BCUT2D eigenvalue weighted by Gasteiger charge is 2.09. The van der Waals surface area contributed by atoms with Crippen molar-refractivity contribution < 1.29 is 0 Å². The molecule has 88 valence electrons. The minimum Gasteiger partial charge on any atom is -0.382 e. The number of hydrogen-bond donors (Lipinski definition) is 1. The maximum atomic E-state index is 10.8. The number of rotatable bonds is 4. The van der Waals surface area contributed by atoms with E-state index in [0.717, 1.165) is 23.1 Å². The third-order valence-corrected chi connectivity index (χ3v) is 2.54. The van der Waals surface area contributed by atoms with Gasteiger partial charge < -0.3 is 5.32 Å². The van der Waals surface area contributed by atoms with E-state index >= 15 is 0 Å². The molecule has 4 nitrogen and oxygen atoms in total. The van der Waals surface area contributed by atoms with Gasteiger partial charge in [0.1, 0.15) is 5.69 Å². The number of pyridine rings is 1. The van der Waals surface area contributed by atoms with Gasteiger partial charge in [-0.05, 0) is 17.2 Å². The molecule has 0 bridgehead atoms. The monoisotopic (exact) mass is 229 g/mol. The summed E-state index contributed by atoms with van der Waals surface area (Å²) in [5.74, 6) is 0.501. The van der Waals surface area contributed by atoms with Gasteiger partial charge in [-0.3, -0.25) is 4.98 Å². The van der Waals surface area contributed by atoms with Crippen LogP contribution < -0.4 is 5.32 Å². The Hall–Kier alpha value is -1.97. The molecule has 1 heterocycles. The van der Waals surface area contributed by atoms with E-state index < -0.39 is 0 Å². The first-order valence-electron chi connectivity index (χ1n) is 5.67. The van der Waals surface area contributed by atoms with Crippen LogP contribution in [-0.4, -0.2) is 11.5 Å². The summed E-state index contributed by atoms with van der Waals surface area (Å²) in [6, 6.07) is 7.72. The number of nitrogens with zero attached hydrogens (tertiary/aromatic N) is 2. The first-order valence-corrected chi connectivity index (χ1v) is 5.67. The molecule has 0 spiro atoms. The van der Waals surface area contributed by atoms with E-state index in [9.17, 15) is 4.91 Å². The second kappa shape index (κ2) is 4.91. The summed E-state index contributed by atoms with van der Waals surface area (Å²) in [7, 11) is 0. The van der Waals surface area contributed by atoms with Gasteiger partial charge >= 0.3 is 0 Å². The normalized spacial score (nSPS) is 10.8. The molecule has 4 heteroatoms. The summed E-state index contributed by atoms with van der Waals surface area (Å²) in [4.78, 5) is 15.0. The third-order valence-electron chi connectivity index (χ3n) is 2.54. The van der Waals surface area contributed by atoms with E-state index in [1.807, 2.05) is 24.3 Å². The zero-order valence-corrected chi connectivity index (χ0v) is 9.97. The van der Waals surface area contributed by atoms with Gasteiger partial charge in [-0.15, -0.1) is 4.91 Å². The number of nitrogens with one attached hydrogen (secondary N) is 1. The highest BCUT2D eigenvalue weighted by atomic mass is 16.3. The van der Waals surface area contributed by atoms with Gasteiger partial charge in [0, 0.05) is 11.9 Å². The Balaban J connectivity index is 2.51. The highest BCUT2D eigenvalue weighted by Crippen LogP contribution is 2.31. The maximum absolute atomic E-state index is 10.8. The second-order valence-electron chi connectivity index (χ2n) is 4.40. The van der Waals surface area contributed by atoms with Crippen molar-refractivity contribution in [2.24, 2.45) is 11.1 Å². The minimum atomic E-state index is 0.365. The molecule has 1 aromatic carbocycles. The molecule has 0 aliphatic rings.